The fourth-order valence-electron chi connectivity index (χ4n) is 1.72. The van der Waals surface area contributed by atoms with Crippen LogP contribution in [0.2, 0.25) is 0 Å². The highest BCUT2D eigenvalue weighted by atomic mass is 16.1. The summed E-state index contributed by atoms with van der Waals surface area (Å²) < 4.78 is 1.84. The van der Waals surface area contributed by atoms with Gasteiger partial charge in [0.05, 0.1) is 11.8 Å². The maximum absolute atomic E-state index is 12.1. The SMILES string of the molecule is Cc1c(C(=O)NCC(C)C(C)C)cnn1CCCN. The molecule has 0 saturated heterocycles. The number of aryl methyl sites for hydroxylation is 1. The summed E-state index contributed by atoms with van der Waals surface area (Å²) in [6, 6.07) is 0. The highest BCUT2D eigenvalue weighted by Crippen LogP contribution is 2.10. The molecular weight excluding hydrogens is 240 g/mol. The van der Waals surface area contributed by atoms with E-state index in [0.29, 0.717) is 30.5 Å². The Bertz CT molecular complexity index is 412. The molecule has 0 spiro atoms. The number of amides is 1. The molecule has 0 aliphatic rings. The first kappa shape index (κ1) is 15.7. The van der Waals surface area contributed by atoms with Crippen molar-refractivity contribution >= 4 is 5.91 Å². The minimum Gasteiger partial charge on any atom is -0.352 e. The average Bonchev–Trinajstić information content (AvgIpc) is 2.74. The molecule has 1 rings (SSSR count). The van der Waals surface area contributed by atoms with Crippen molar-refractivity contribution in [3.63, 3.8) is 0 Å². The lowest BCUT2D eigenvalue weighted by Gasteiger charge is -2.15. The fourth-order valence-corrected chi connectivity index (χ4v) is 1.72. The summed E-state index contributed by atoms with van der Waals surface area (Å²) >= 11 is 0. The zero-order chi connectivity index (χ0) is 14.4. The number of nitrogens with zero attached hydrogens (tertiary/aromatic N) is 2. The molecule has 1 aromatic rings. The molecule has 0 fully saturated rings. The van der Waals surface area contributed by atoms with Crippen molar-refractivity contribution in [1.82, 2.24) is 15.1 Å². The maximum atomic E-state index is 12.1. The first-order valence-electron chi connectivity index (χ1n) is 6.98. The fraction of sp³-hybridized carbons (Fsp3) is 0.714. The van der Waals surface area contributed by atoms with Crippen molar-refractivity contribution < 1.29 is 4.79 Å². The van der Waals surface area contributed by atoms with Crippen LogP contribution in [0, 0.1) is 18.8 Å². The quantitative estimate of drug-likeness (QED) is 0.786. The molecule has 1 atom stereocenters. The third kappa shape index (κ3) is 4.35. The molecule has 0 aliphatic heterocycles. The molecule has 0 saturated carbocycles. The standard InChI is InChI=1S/C14H26N4O/c1-10(2)11(3)8-16-14(19)13-9-17-18(12(13)4)7-5-6-15/h9-11H,5-8,15H2,1-4H3,(H,16,19). The molecule has 19 heavy (non-hydrogen) atoms. The van der Waals surface area contributed by atoms with E-state index in [1.54, 1.807) is 6.20 Å². The summed E-state index contributed by atoms with van der Waals surface area (Å²) in [7, 11) is 0. The van der Waals surface area contributed by atoms with Crippen LogP contribution in [0.1, 0.15) is 43.2 Å². The molecule has 5 heteroatoms. The first-order valence-corrected chi connectivity index (χ1v) is 6.98. The van der Waals surface area contributed by atoms with E-state index in [9.17, 15) is 4.79 Å². The molecule has 1 aromatic heterocycles. The van der Waals surface area contributed by atoms with Gasteiger partial charge in [0.15, 0.2) is 0 Å². The molecule has 0 aliphatic carbocycles. The Morgan fingerprint density at radius 2 is 2.16 bits per heavy atom. The van der Waals surface area contributed by atoms with Gasteiger partial charge in [-0.3, -0.25) is 9.48 Å². The van der Waals surface area contributed by atoms with Gasteiger partial charge in [-0.2, -0.15) is 5.10 Å². The minimum absolute atomic E-state index is 0.0380. The zero-order valence-electron chi connectivity index (χ0n) is 12.4. The van der Waals surface area contributed by atoms with E-state index in [1.165, 1.54) is 0 Å². The van der Waals surface area contributed by atoms with E-state index >= 15 is 0 Å². The number of hydrogen-bond acceptors (Lipinski definition) is 3. The van der Waals surface area contributed by atoms with Crippen LogP contribution in [0.25, 0.3) is 0 Å². The zero-order valence-corrected chi connectivity index (χ0v) is 12.4. The van der Waals surface area contributed by atoms with E-state index in [0.717, 1.165) is 18.7 Å². The second-order valence-corrected chi connectivity index (χ2v) is 5.44. The molecule has 1 unspecified atom stereocenters. The van der Waals surface area contributed by atoms with Gasteiger partial charge in [-0.15, -0.1) is 0 Å². The molecular formula is C14H26N4O. The first-order chi connectivity index (χ1) is 8.97. The molecule has 1 heterocycles. The second kappa shape index (κ2) is 7.28. The van der Waals surface area contributed by atoms with Crippen LogP contribution in [0.3, 0.4) is 0 Å². The van der Waals surface area contributed by atoms with Gasteiger partial charge >= 0.3 is 0 Å². The van der Waals surface area contributed by atoms with E-state index in [1.807, 2.05) is 11.6 Å². The van der Waals surface area contributed by atoms with Gasteiger partial charge < -0.3 is 11.1 Å². The Hall–Kier alpha value is -1.36. The Kier molecular flexibility index (Phi) is 6.02. The summed E-state index contributed by atoms with van der Waals surface area (Å²) in [4.78, 5) is 12.1. The third-order valence-corrected chi connectivity index (χ3v) is 3.64. The van der Waals surface area contributed by atoms with Crippen molar-refractivity contribution in [1.29, 1.82) is 0 Å². The van der Waals surface area contributed by atoms with Gasteiger partial charge in [0, 0.05) is 18.8 Å². The number of carbonyl (C=O) groups excluding carboxylic acids is 1. The normalized spacial score (nSPS) is 12.7. The maximum Gasteiger partial charge on any atom is 0.254 e. The topological polar surface area (TPSA) is 72.9 Å². The lowest BCUT2D eigenvalue weighted by atomic mass is 9.98. The largest absolute Gasteiger partial charge is 0.352 e. The average molecular weight is 266 g/mol. The number of aromatic nitrogens is 2. The number of hydrogen-bond donors (Lipinski definition) is 2. The van der Waals surface area contributed by atoms with Crippen LogP contribution in [0.4, 0.5) is 0 Å². The Labute approximate surface area is 115 Å². The number of rotatable bonds is 7. The van der Waals surface area contributed by atoms with Crippen LogP contribution < -0.4 is 11.1 Å². The lowest BCUT2D eigenvalue weighted by Crippen LogP contribution is -2.30. The van der Waals surface area contributed by atoms with E-state index < -0.39 is 0 Å². The van der Waals surface area contributed by atoms with Crippen molar-refractivity contribution in [3.8, 4) is 0 Å². The van der Waals surface area contributed by atoms with Gasteiger partial charge in [0.1, 0.15) is 0 Å². The monoisotopic (exact) mass is 266 g/mol. The van der Waals surface area contributed by atoms with Crippen molar-refractivity contribution in [2.75, 3.05) is 13.1 Å². The Morgan fingerprint density at radius 1 is 1.47 bits per heavy atom. The van der Waals surface area contributed by atoms with Crippen molar-refractivity contribution in [2.45, 2.75) is 40.7 Å². The summed E-state index contributed by atoms with van der Waals surface area (Å²) in [5, 5.41) is 7.21. The number of nitrogens with one attached hydrogen (secondary N) is 1. The predicted molar refractivity (Wildman–Crippen MR) is 77.0 cm³/mol. The predicted octanol–water partition coefficient (Wildman–Crippen LogP) is 1.56. The van der Waals surface area contributed by atoms with Crippen LogP contribution in [-0.2, 0) is 6.54 Å². The summed E-state index contributed by atoms with van der Waals surface area (Å²) in [5.41, 5.74) is 7.05. The van der Waals surface area contributed by atoms with E-state index in [2.05, 4.69) is 31.2 Å². The summed E-state index contributed by atoms with van der Waals surface area (Å²) in [5.74, 6) is 0.995. The molecule has 108 valence electrons. The number of carbonyl (C=O) groups is 1. The lowest BCUT2D eigenvalue weighted by molar-refractivity contribution is 0.0944. The van der Waals surface area contributed by atoms with Crippen molar-refractivity contribution in [3.05, 3.63) is 17.5 Å². The van der Waals surface area contributed by atoms with Crippen LogP contribution in [0.15, 0.2) is 6.20 Å². The third-order valence-electron chi connectivity index (χ3n) is 3.64. The van der Waals surface area contributed by atoms with Gasteiger partial charge in [-0.05, 0) is 31.7 Å². The van der Waals surface area contributed by atoms with Crippen LogP contribution >= 0.6 is 0 Å². The van der Waals surface area contributed by atoms with Gasteiger partial charge in [0.25, 0.3) is 5.91 Å². The van der Waals surface area contributed by atoms with Gasteiger partial charge in [0.2, 0.25) is 0 Å². The van der Waals surface area contributed by atoms with Crippen LogP contribution in [0.5, 0.6) is 0 Å². The Balaban J connectivity index is 2.60. The summed E-state index contributed by atoms with van der Waals surface area (Å²) in [6.07, 6.45) is 2.51. The highest BCUT2D eigenvalue weighted by molar-refractivity contribution is 5.95. The molecule has 1 amide bonds. The van der Waals surface area contributed by atoms with Gasteiger partial charge in [-0.25, -0.2) is 0 Å². The smallest absolute Gasteiger partial charge is 0.254 e. The van der Waals surface area contributed by atoms with E-state index in [4.69, 9.17) is 5.73 Å². The van der Waals surface area contributed by atoms with Crippen LogP contribution in [-0.4, -0.2) is 28.8 Å². The Morgan fingerprint density at radius 3 is 2.74 bits per heavy atom. The van der Waals surface area contributed by atoms with E-state index in [-0.39, 0.29) is 5.91 Å². The highest BCUT2D eigenvalue weighted by Gasteiger charge is 2.15. The molecule has 0 aromatic carbocycles. The molecule has 0 bridgehead atoms. The van der Waals surface area contributed by atoms with Crippen molar-refractivity contribution in [2.24, 2.45) is 17.6 Å². The molecule has 0 radical (unpaired) electrons. The minimum atomic E-state index is -0.0380. The van der Waals surface area contributed by atoms with Gasteiger partial charge in [-0.1, -0.05) is 20.8 Å². The summed E-state index contributed by atoms with van der Waals surface area (Å²) in [6.45, 7) is 10.5. The number of nitrogens with two attached hydrogens (primary N) is 1. The molecule has 5 nitrogen and oxygen atoms in total. The second-order valence-electron chi connectivity index (χ2n) is 5.44. The molecule has 3 N–H and O–H groups in total.